The molecule has 0 saturated carbocycles. The molecule has 1 saturated heterocycles. The highest BCUT2D eigenvalue weighted by atomic mass is 16.2. The van der Waals surface area contributed by atoms with E-state index in [9.17, 15) is 9.59 Å². The second kappa shape index (κ2) is 8.05. The Labute approximate surface area is 169 Å². The number of piperidine rings is 1. The number of carbonyl (C=O) groups excluding carboxylic acids is 2. The molecule has 1 aliphatic heterocycles. The Hall–Kier alpha value is -3.19. The predicted octanol–water partition coefficient (Wildman–Crippen LogP) is 2.08. The highest BCUT2D eigenvalue weighted by Crippen LogP contribution is 2.20. The first-order valence-corrected chi connectivity index (χ1v) is 9.85. The van der Waals surface area contributed by atoms with E-state index in [1.807, 2.05) is 36.5 Å². The van der Waals surface area contributed by atoms with E-state index in [2.05, 4.69) is 22.4 Å². The summed E-state index contributed by atoms with van der Waals surface area (Å²) in [5, 5.41) is 8.42. The van der Waals surface area contributed by atoms with E-state index in [0.29, 0.717) is 17.6 Å². The van der Waals surface area contributed by atoms with Crippen LogP contribution in [-0.2, 0) is 11.3 Å². The van der Waals surface area contributed by atoms with Gasteiger partial charge in [-0.2, -0.15) is 5.10 Å². The number of hydrogen-bond donors (Lipinski definition) is 2. The van der Waals surface area contributed by atoms with Crippen molar-refractivity contribution in [2.75, 3.05) is 20.1 Å². The average Bonchev–Trinajstić information content (AvgIpc) is 3.16. The number of amides is 2. The van der Waals surface area contributed by atoms with Gasteiger partial charge in [0.1, 0.15) is 5.52 Å². The largest absolute Gasteiger partial charge is 0.366 e. The van der Waals surface area contributed by atoms with Gasteiger partial charge in [0.15, 0.2) is 0 Å². The van der Waals surface area contributed by atoms with Crippen LogP contribution in [0.15, 0.2) is 48.7 Å². The third-order valence-electron chi connectivity index (χ3n) is 5.46. The molecular formula is C22H25N5O2. The maximum absolute atomic E-state index is 12.4. The summed E-state index contributed by atoms with van der Waals surface area (Å²) in [5.41, 5.74) is 8.35. The number of fused-ring (bicyclic) bond motifs is 1. The number of rotatable bonds is 5. The first-order chi connectivity index (χ1) is 14.0. The van der Waals surface area contributed by atoms with Gasteiger partial charge in [0.05, 0.1) is 17.2 Å². The minimum atomic E-state index is -0.490. The number of nitrogens with one attached hydrogen (secondary N) is 1. The molecule has 3 N–H and O–H groups in total. The SMILES string of the molecule is CN1CCCC(C(=O)NCc2ccc(-n3cc4cccc(C(N)=O)c4n3)cc2)C1. The first kappa shape index (κ1) is 19.1. The van der Waals surface area contributed by atoms with E-state index < -0.39 is 5.91 Å². The number of carbonyl (C=O) groups is 2. The molecule has 0 aliphatic carbocycles. The molecule has 1 aromatic heterocycles. The second-order valence-electron chi connectivity index (χ2n) is 7.67. The Kier molecular flexibility index (Phi) is 5.31. The van der Waals surface area contributed by atoms with Gasteiger partial charge in [0.2, 0.25) is 5.91 Å². The van der Waals surface area contributed by atoms with Gasteiger partial charge >= 0.3 is 0 Å². The standard InChI is InChI=1S/C22H25N5O2/c1-26-11-3-5-17(13-26)22(29)24-12-15-7-9-18(10-8-15)27-14-16-4-2-6-19(21(23)28)20(16)25-27/h2,4,6-10,14,17H,3,5,11-13H2,1H3,(H2,23,28)(H,24,29). The zero-order valence-corrected chi connectivity index (χ0v) is 16.5. The number of aromatic nitrogens is 2. The monoisotopic (exact) mass is 391 g/mol. The van der Waals surface area contributed by atoms with Crippen molar-refractivity contribution in [3.05, 3.63) is 59.8 Å². The molecule has 29 heavy (non-hydrogen) atoms. The third-order valence-corrected chi connectivity index (χ3v) is 5.46. The molecule has 0 bridgehead atoms. The van der Waals surface area contributed by atoms with Crippen LogP contribution in [0.25, 0.3) is 16.6 Å². The van der Waals surface area contributed by atoms with Gasteiger partial charge in [0, 0.05) is 24.7 Å². The lowest BCUT2D eigenvalue weighted by Gasteiger charge is -2.28. The van der Waals surface area contributed by atoms with E-state index in [-0.39, 0.29) is 11.8 Å². The fourth-order valence-corrected chi connectivity index (χ4v) is 3.86. The lowest BCUT2D eigenvalue weighted by Crippen LogP contribution is -2.41. The van der Waals surface area contributed by atoms with E-state index >= 15 is 0 Å². The molecule has 0 spiro atoms. The highest BCUT2D eigenvalue weighted by molar-refractivity contribution is 6.04. The predicted molar refractivity (Wildman–Crippen MR) is 112 cm³/mol. The van der Waals surface area contributed by atoms with E-state index in [1.165, 1.54) is 0 Å². The van der Waals surface area contributed by atoms with Crippen molar-refractivity contribution in [1.29, 1.82) is 0 Å². The Bertz CT molecular complexity index is 1040. The van der Waals surface area contributed by atoms with Gasteiger partial charge in [-0.1, -0.05) is 24.3 Å². The van der Waals surface area contributed by atoms with E-state index in [4.69, 9.17) is 5.73 Å². The summed E-state index contributed by atoms with van der Waals surface area (Å²) in [4.78, 5) is 26.2. The molecule has 1 unspecified atom stereocenters. The van der Waals surface area contributed by atoms with Crippen LogP contribution in [0.4, 0.5) is 0 Å². The lowest BCUT2D eigenvalue weighted by atomic mass is 9.97. The van der Waals surface area contributed by atoms with Gasteiger partial charge in [-0.05, 0) is 50.2 Å². The minimum absolute atomic E-state index is 0.0731. The maximum Gasteiger partial charge on any atom is 0.250 e. The highest BCUT2D eigenvalue weighted by Gasteiger charge is 2.23. The molecule has 1 fully saturated rings. The number of hydrogen-bond acceptors (Lipinski definition) is 4. The third kappa shape index (κ3) is 4.14. The molecule has 0 radical (unpaired) electrons. The van der Waals surface area contributed by atoms with Gasteiger partial charge in [-0.15, -0.1) is 0 Å². The molecule has 3 aromatic rings. The molecule has 4 rings (SSSR count). The number of nitrogens with zero attached hydrogens (tertiary/aromatic N) is 3. The fraction of sp³-hybridized carbons (Fsp3) is 0.318. The van der Waals surface area contributed by atoms with Gasteiger partial charge in [0.25, 0.3) is 5.91 Å². The second-order valence-corrected chi connectivity index (χ2v) is 7.67. The number of benzene rings is 2. The van der Waals surface area contributed by atoms with E-state index in [1.54, 1.807) is 16.8 Å². The van der Waals surface area contributed by atoms with Crippen molar-refractivity contribution < 1.29 is 9.59 Å². The normalized spacial score (nSPS) is 17.3. The summed E-state index contributed by atoms with van der Waals surface area (Å²) >= 11 is 0. The van der Waals surface area contributed by atoms with Crippen molar-refractivity contribution in [3.63, 3.8) is 0 Å². The summed E-state index contributed by atoms with van der Waals surface area (Å²) in [6.45, 7) is 2.39. The molecule has 7 heteroatoms. The van der Waals surface area contributed by atoms with Crippen molar-refractivity contribution in [3.8, 4) is 5.69 Å². The molecule has 2 amide bonds. The van der Waals surface area contributed by atoms with Crippen LogP contribution in [0.5, 0.6) is 0 Å². The Balaban J connectivity index is 1.44. The zero-order chi connectivity index (χ0) is 20.4. The first-order valence-electron chi connectivity index (χ1n) is 9.85. The van der Waals surface area contributed by atoms with Gasteiger partial charge in [-0.3, -0.25) is 9.59 Å². The van der Waals surface area contributed by atoms with Crippen LogP contribution in [0.3, 0.4) is 0 Å². The zero-order valence-electron chi connectivity index (χ0n) is 16.5. The topological polar surface area (TPSA) is 93.3 Å². The molecule has 2 heterocycles. The van der Waals surface area contributed by atoms with Gasteiger partial charge < -0.3 is 16.0 Å². The van der Waals surface area contributed by atoms with E-state index in [0.717, 1.165) is 42.6 Å². The van der Waals surface area contributed by atoms with Crippen molar-refractivity contribution in [1.82, 2.24) is 20.0 Å². The summed E-state index contributed by atoms with van der Waals surface area (Å²) in [5.74, 6) is -0.294. The molecule has 2 aromatic carbocycles. The Morgan fingerprint density at radius 2 is 2.00 bits per heavy atom. The fourth-order valence-electron chi connectivity index (χ4n) is 3.86. The van der Waals surface area contributed by atoms with Crippen LogP contribution in [0.1, 0.15) is 28.8 Å². The number of likely N-dealkylation sites (tertiary alicyclic amines) is 1. The van der Waals surface area contributed by atoms with Crippen LogP contribution in [0, 0.1) is 5.92 Å². The number of nitrogens with two attached hydrogens (primary N) is 1. The molecule has 1 atom stereocenters. The van der Waals surface area contributed by atoms with Crippen LogP contribution < -0.4 is 11.1 Å². The smallest absolute Gasteiger partial charge is 0.250 e. The molecule has 150 valence electrons. The summed E-state index contributed by atoms with van der Waals surface area (Å²) in [6, 6.07) is 13.2. The van der Waals surface area contributed by atoms with Gasteiger partial charge in [-0.25, -0.2) is 4.68 Å². The molecule has 7 nitrogen and oxygen atoms in total. The van der Waals surface area contributed by atoms with Crippen molar-refractivity contribution in [2.45, 2.75) is 19.4 Å². The Morgan fingerprint density at radius 1 is 1.21 bits per heavy atom. The number of primary amides is 1. The van der Waals surface area contributed by atoms with Crippen LogP contribution in [-0.4, -0.2) is 46.6 Å². The summed E-state index contributed by atoms with van der Waals surface area (Å²) in [7, 11) is 2.06. The van der Waals surface area contributed by atoms with Crippen LogP contribution in [0.2, 0.25) is 0 Å². The maximum atomic E-state index is 12.4. The summed E-state index contributed by atoms with van der Waals surface area (Å²) in [6.07, 6.45) is 3.90. The Morgan fingerprint density at radius 3 is 2.72 bits per heavy atom. The summed E-state index contributed by atoms with van der Waals surface area (Å²) < 4.78 is 1.73. The molecular weight excluding hydrogens is 366 g/mol. The lowest BCUT2D eigenvalue weighted by molar-refractivity contribution is -0.126. The van der Waals surface area contributed by atoms with Crippen molar-refractivity contribution in [2.24, 2.45) is 11.7 Å². The molecule has 1 aliphatic rings. The average molecular weight is 391 g/mol. The quantitative estimate of drug-likeness (QED) is 0.696. The van der Waals surface area contributed by atoms with Crippen molar-refractivity contribution >= 4 is 22.7 Å². The minimum Gasteiger partial charge on any atom is -0.366 e. The van der Waals surface area contributed by atoms with Crippen LogP contribution >= 0.6 is 0 Å².